The number of carbonyl (C=O) groups is 1. The summed E-state index contributed by atoms with van der Waals surface area (Å²) < 4.78 is 3.09. The normalized spacial score (nSPS) is 24.5. The van der Waals surface area contributed by atoms with Crippen molar-refractivity contribution in [3.8, 4) is 5.82 Å². The summed E-state index contributed by atoms with van der Waals surface area (Å²) in [7, 11) is 0. The maximum Gasteiger partial charge on any atom is 0.269 e. The zero-order valence-corrected chi connectivity index (χ0v) is 20.1. The Balaban J connectivity index is 1.45. The van der Waals surface area contributed by atoms with Crippen LogP contribution in [0.4, 0.5) is 0 Å². The molecule has 0 bridgehead atoms. The quantitative estimate of drug-likeness (QED) is 0.723. The maximum atomic E-state index is 13.2. The van der Waals surface area contributed by atoms with Gasteiger partial charge in [-0.15, -0.1) is 0 Å². The third-order valence-electron chi connectivity index (χ3n) is 7.82. The minimum atomic E-state index is -1.12. The van der Waals surface area contributed by atoms with E-state index in [0.717, 1.165) is 6.42 Å². The second-order valence-corrected chi connectivity index (χ2v) is 10.7. The maximum absolute atomic E-state index is 13.2. The van der Waals surface area contributed by atoms with Crippen LogP contribution >= 0.6 is 0 Å². The van der Waals surface area contributed by atoms with E-state index in [2.05, 4.69) is 17.0 Å². The summed E-state index contributed by atoms with van der Waals surface area (Å²) in [6.07, 6.45) is 14.1. The van der Waals surface area contributed by atoms with Crippen LogP contribution in [0.25, 0.3) is 5.82 Å². The molecule has 33 heavy (non-hydrogen) atoms. The van der Waals surface area contributed by atoms with Gasteiger partial charge in [0.1, 0.15) is 0 Å². The second kappa shape index (κ2) is 9.41. The summed E-state index contributed by atoms with van der Waals surface area (Å²) >= 11 is 0. The van der Waals surface area contributed by atoms with Crippen molar-refractivity contribution in [3.63, 3.8) is 0 Å². The molecule has 0 spiro atoms. The number of aliphatic hydroxyl groups is 1. The number of hydrogen-bond donors (Lipinski definition) is 1. The van der Waals surface area contributed by atoms with Crippen LogP contribution in [-0.2, 0) is 11.3 Å². The summed E-state index contributed by atoms with van der Waals surface area (Å²) in [5.41, 5.74) is -1.96. The van der Waals surface area contributed by atoms with Crippen molar-refractivity contribution in [1.82, 2.24) is 24.2 Å². The Morgan fingerprint density at radius 2 is 2.03 bits per heavy atom. The zero-order chi connectivity index (χ0) is 23.6. The van der Waals surface area contributed by atoms with E-state index in [-0.39, 0.29) is 23.9 Å². The van der Waals surface area contributed by atoms with Crippen LogP contribution in [0.5, 0.6) is 0 Å². The van der Waals surface area contributed by atoms with Crippen LogP contribution < -0.4 is 5.56 Å². The van der Waals surface area contributed by atoms with Crippen molar-refractivity contribution in [2.75, 3.05) is 13.1 Å². The molecule has 1 saturated heterocycles. The van der Waals surface area contributed by atoms with E-state index >= 15 is 0 Å². The molecule has 8 nitrogen and oxygen atoms in total. The van der Waals surface area contributed by atoms with Gasteiger partial charge in [-0.25, -0.2) is 9.67 Å². The molecule has 2 aromatic heterocycles. The van der Waals surface area contributed by atoms with E-state index in [1.54, 1.807) is 29.3 Å². The molecule has 180 valence electrons. The molecule has 3 heterocycles. The SMILES string of the molecule is C[C@H](CC1CCCCC1)C(=O)N1CCC(O)(Cn2cc(-n3cccn3)ncc2=O)C(C)(C)C1. The van der Waals surface area contributed by atoms with E-state index in [1.807, 2.05) is 18.7 Å². The van der Waals surface area contributed by atoms with Gasteiger partial charge in [0.25, 0.3) is 5.56 Å². The standard InChI is InChI=1S/C25H37N5O3/c1-19(14-20-8-5-4-6-9-20)23(32)28-13-10-25(33,24(2,3)17-28)18-29-16-21(26-15-22(29)31)30-12-7-11-27-30/h7,11-12,15-16,19-20,33H,4-6,8-10,13-14,17-18H2,1-3H3/t19-,25?/m1/s1. The van der Waals surface area contributed by atoms with Gasteiger partial charge in [-0.05, 0) is 24.8 Å². The van der Waals surface area contributed by atoms with Crippen LogP contribution in [0.3, 0.4) is 0 Å². The highest BCUT2D eigenvalue weighted by molar-refractivity contribution is 5.78. The lowest BCUT2D eigenvalue weighted by Crippen LogP contribution is -2.61. The first kappa shape index (κ1) is 23.7. The predicted molar refractivity (Wildman–Crippen MR) is 126 cm³/mol. The highest BCUT2D eigenvalue weighted by atomic mass is 16.3. The number of aromatic nitrogens is 4. The molecular weight excluding hydrogens is 418 g/mol. The number of piperidine rings is 1. The molecule has 2 aliphatic rings. The molecule has 1 unspecified atom stereocenters. The number of carbonyl (C=O) groups excluding carboxylic acids is 1. The summed E-state index contributed by atoms with van der Waals surface area (Å²) in [5.74, 6) is 1.38. The Kier molecular flexibility index (Phi) is 6.75. The Bertz CT molecular complexity index is 1010. The monoisotopic (exact) mass is 455 g/mol. The molecule has 0 radical (unpaired) electrons. The third kappa shape index (κ3) is 5.05. The van der Waals surface area contributed by atoms with Gasteiger partial charge in [0.05, 0.1) is 24.5 Å². The van der Waals surface area contributed by atoms with E-state index in [0.29, 0.717) is 31.2 Å². The van der Waals surface area contributed by atoms with Gasteiger partial charge in [-0.3, -0.25) is 9.59 Å². The smallest absolute Gasteiger partial charge is 0.269 e. The van der Waals surface area contributed by atoms with Crippen LogP contribution in [-0.4, -0.2) is 53.9 Å². The number of likely N-dealkylation sites (tertiary alicyclic amines) is 1. The number of rotatable bonds is 6. The minimum absolute atomic E-state index is 0.00883. The van der Waals surface area contributed by atoms with Crippen LogP contribution in [0, 0.1) is 17.3 Å². The van der Waals surface area contributed by atoms with Crippen molar-refractivity contribution in [2.45, 2.75) is 77.9 Å². The lowest BCUT2D eigenvalue weighted by molar-refractivity contribution is -0.157. The molecule has 0 aromatic carbocycles. The topological polar surface area (TPSA) is 93.2 Å². The molecule has 1 aliphatic heterocycles. The Morgan fingerprint density at radius 3 is 2.70 bits per heavy atom. The lowest BCUT2D eigenvalue weighted by atomic mass is 9.69. The van der Waals surface area contributed by atoms with E-state index in [9.17, 15) is 14.7 Å². The van der Waals surface area contributed by atoms with Crippen LogP contribution in [0.1, 0.15) is 65.7 Å². The lowest BCUT2D eigenvalue weighted by Gasteiger charge is -2.51. The number of hydrogen-bond acceptors (Lipinski definition) is 5. The Morgan fingerprint density at radius 1 is 1.27 bits per heavy atom. The number of amides is 1. The van der Waals surface area contributed by atoms with Gasteiger partial charge in [0.2, 0.25) is 5.91 Å². The molecule has 1 amide bonds. The molecule has 4 rings (SSSR count). The van der Waals surface area contributed by atoms with Crippen molar-refractivity contribution in [2.24, 2.45) is 17.3 Å². The van der Waals surface area contributed by atoms with E-state index in [1.165, 1.54) is 42.9 Å². The van der Waals surface area contributed by atoms with E-state index < -0.39 is 11.0 Å². The second-order valence-electron chi connectivity index (χ2n) is 10.7. The molecular formula is C25H37N5O3. The highest BCUT2D eigenvalue weighted by Gasteiger charge is 2.49. The predicted octanol–water partition coefficient (Wildman–Crippen LogP) is 3.03. The minimum Gasteiger partial charge on any atom is -0.387 e. The van der Waals surface area contributed by atoms with Gasteiger partial charge in [0, 0.05) is 36.8 Å². The first-order chi connectivity index (χ1) is 15.7. The van der Waals surface area contributed by atoms with Gasteiger partial charge in [-0.1, -0.05) is 52.9 Å². The fraction of sp³-hybridized carbons (Fsp3) is 0.680. The van der Waals surface area contributed by atoms with Gasteiger partial charge in [0.15, 0.2) is 5.82 Å². The molecule has 8 heteroatoms. The largest absolute Gasteiger partial charge is 0.387 e. The molecule has 1 saturated carbocycles. The Labute approximate surface area is 195 Å². The zero-order valence-electron chi connectivity index (χ0n) is 20.1. The molecule has 1 aliphatic carbocycles. The summed E-state index contributed by atoms with van der Waals surface area (Å²) in [6, 6.07) is 1.79. The van der Waals surface area contributed by atoms with Crippen molar-refractivity contribution < 1.29 is 9.90 Å². The summed E-state index contributed by atoms with van der Waals surface area (Å²) in [4.78, 5) is 31.8. The van der Waals surface area contributed by atoms with Crippen molar-refractivity contribution in [3.05, 3.63) is 41.2 Å². The fourth-order valence-electron chi connectivity index (χ4n) is 5.54. The molecule has 2 atom stereocenters. The average Bonchev–Trinajstić information content (AvgIpc) is 3.32. The first-order valence-corrected chi connectivity index (χ1v) is 12.3. The molecule has 1 N–H and O–H groups in total. The van der Waals surface area contributed by atoms with Crippen molar-refractivity contribution in [1.29, 1.82) is 0 Å². The van der Waals surface area contributed by atoms with Crippen molar-refractivity contribution >= 4 is 5.91 Å². The van der Waals surface area contributed by atoms with Crippen LogP contribution in [0.2, 0.25) is 0 Å². The fourth-order valence-corrected chi connectivity index (χ4v) is 5.54. The van der Waals surface area contributed by atoms with Gasteiger partial charge in [-0.2, -0.15) is 5.10 Å². The summed E-state index contributed by atoms with van der Waals surface area (Å²) in [6.45, 7) is 7.15. The average molecular weight is 456 g/mol. The number of nitrogens with zero attached hydrogens (tertiary/aromatic N) is 5. The van der Waals surface area contributed by atoms with Crippen LogP contribution in [0.15, 0.2) is 35.6 Å². The summed E-state index contributed by atoms with van der Waals surface area (Å²) in [5, 5.41) is 15.8. The molecule has 2 fully saturated rings. The Hall–Kier alpha value is -2.48. The van der Waals surface area contributed by atoms with Gasteiger partial charge >= 0.3 is 0 Å². The van der Waals surface area contributed by atoms with E-state index in [4.69, 9.17) is 0 Å². The van der Waals surface area contributed by atoms with Gasteiger partial charge < -0.3 is 14.6 Å². The first-order valence-electron chi connectivity index (χ1n) is 12.3. The third-order valence-corrected chi connectivity index (χ3v) is 7.82. The highest BCUT2D eigenvalue weighted by Crippen LogP contribution is 2.40. The molecule has 2 aromatic rings.